The maximum atomic E-state index is 12.2. The molecule has 1 fully saturated rings. The minimum Gasteiger partial charge on any atom is -0.496 e. The first-order valence-electron chi connectivity index (χ1n) is 6.48. The Balaban J connectivity index is 2.07. The smallest absolute Gasteiger partial charge is 0.166 e. The summed E-state index contributed by atoms with van der Waals surface area (Å²) in [7, 11) is 1.63. The summed E-state index contributed by atoms with van der Waals surface area (Å²) in [6.07, 6.45) is 3.19. The Morgan fingerprint density at radius 1 is 1.44 bits per heavy atom. The standard InChI is InChI=1S/C15H20O3/c1-11-6-7-14(17-2)12(9-11)10-13(16)15-5-3-4-8-18-15/h6-7,9,15H,3-5,8,10H2,1-2H3. The van der Waals surface area contributed by atoms with Crippen LogP contribution in [0.1, 0.15) is 30.4 Å². The molecule has 3 heteroatoms. The molecule has 1 atom stereocenters. The Bertz CT molecular complexity index is 420. The number of methoxy groups -OCH3 is 1. The van der Waals surface area contributed by atoms with Gasteiger partial charge in [-0.3, -0.25) is 4.79 Å². The van der Waals surface area contributed by atoms with Gasteiger partial charge in [-0.25, -0.2) is 0 Å². The number of carbonyl (C=O) groups is 1. The van der Waals surface area contributed by atoms with Crippen LogP contribution in [-0.2, 0) is 16.0 Å². The molecule has 98 valence electrons. The van der Waals surface area contributed by atoms with E-state index in [0.717, 1.165) is 36.1 Å². The average Bonchev–Trinajstić information content (AvgIpc) is 2.40. The van der Waals surface area contributed by atoms with Crippen LogP contribution in [0.2, 0.25) is 0 Å². The molecular weight excluding hydrogens is 228 g/mol. The van der Waals surface area contributed by atoms with E-state index in [2.05, 4.69) is 0 Å². The van der Waals surface area contributed by atoms with Crippen molar-refractivity contribution in [2.24, 2.45) is 0 Å². The molecular formula is C15H20O3. The van der Waals surface area contributed by atoms with Crippen molar-refractivity contribution < 1.29 is 14.3 Å². The molecule has 2 rings (SSSR count). The van der Waals surface area contributed by atoms with Crippen molar-refractivity contribution in [3.05, 3.63) is 29.3 Å². The summed E-state index contributed by atoms with van der Waals surface area (Å²) in [6.45, 7) is 2.73. The third kappa shape index (κ3) is 3.10. The van der Waals surface area contributed by atoms with Crippen molar-refractivity contribution in [1.82, 2.24) is 0 Å². The molecule has 18 heavy (non-hydrogen) atoms. The molecule has 0 bridgehead atoms. The monoisotopic (exact) mass is 248 g/mol. The third-order valence-corrected chi connectivity index (χ3v) is 3.34. The number of ketones is 1. The fraction of sp³-hybridized carbons (Fsp3) is 0.533. The number of ether oxygens (including phenoxy) is 2. The maximum Gasteiger partial charge on any atom is 0.166 e. The van der Waals surface area contributed by atoms with E-state index in [9.17, 15) is 4.79 Å². The number of hydrogen-bond acceptors (Lipinski definition) is 3. The molecule has 0 radical (unpaired) electrons. The largest absolute Gasteiger partial charge is 0.496 e. The third-order valence-electron chi connectivity index (χ3n) is 3.34. The molecule has 1 aromatic rings. The van der Waals surface area contributed by atoms with Crippen LogP contribution in [0.25, 0.3) is 0 Å². The van der Waals surface area contributed by atoms with Crippen molar-refractivity contribution >= 4 is 5.78 Å². The summed E-state index contributed by atoms with van der Waals surface area (Å²) in [4.78, 5) is 12.2. The van der Waals surface area contributed by atoms with Gasteiger partial charge in [-0.1, -0.05) is 17.7 Å². The topological polar surface area (TPSA) is 35.5 Å². The highest BCUT2D eigenvalue weighted by atomic mass is 16.5. The normalized spacial score (nSPS) is 19.6. The number of rotatable bonds is 4. The van der Waals surface area contributed by atoms with Crippen LogP contribution in [-0.4, -0.2) is 25.6 Å². The van der Waals surface area contributed by atoms with Crippen molar-refractivity contribution in [3.8, 4) is 5.75 Å². The summed E-state index contributed by atoms with van der Waals surface area (Å²) >= 11 is 0. The van der Waals surface area contributed by atoms with E-state index in [1.54, 1.807) is 7.11 Å². The summed E-state index contributed by atoms with van der Waals surface area (Å²) < 4.78 is 10.8. The summed E-state index contributed by atoms with van der Waals surface area (Å²) in [5.41, 5.74) is 2.10. The summed E-state index contributed by atoms with van der Waals surface area (Å²) in [5, 5.41) is 0. The van der Waals surface area contributed by atoms with Crippen LogP contribution in [0, 0.1) is 6.92 Å². The van der Waals surface area contributed by atoms with Crippen LogP contribution in [0.3, 0.4) is 0 Å². The average molecular weight is 248 g/mol. The molecule has 0 amide bonds. The van der Waals surface area contributed by atoms with Crippen LogP contribution >= 0.6 is 0 Å². The van der Waals surface area contributed by atoms with Gasteiger partial charge in [-0.15, -0.1) is 0 Å². The van der Waals surface area contributed by atoms with E-state index in [0.29, 0.717) is 13.0 Å². The lowest BCUT2D eigenvalue weighted by atomic mass is 9.98. The van der Waals surface area contributed by atoms with Gasteiger partial charge in [0.25, 0.3) is 0 Å². The van der Waals surface area contributed by atoms with Crippen LogP contribution in [0.4, 0.5) is 0 Å². The number of carbonyl (C=O) groups excluding carboxylic acids is 1. The molecule has 1 aliphatic heterocycles. The zero-order valence-electron chi connectivity index (χ0n) is 11.1. The fourth-order valence-corrected chi connectivity index (χ4v) is 2.34. The number of benzene rings is 1. The molecule has 3 nitrogen and oxygen atoms in total. The van der Waals surface area contributed by atoms with Gasteiger partial charge in [0, 0.05) is 18.6 Å². The highest BCUT2D eigenvalue weighted by Crippen LogP contribution is 2.22. The zero-order chi connectivity index (χ0) is 13.0. The molecule has 0 saturated carbocycles. The van der Waals surface area contributed by atoms with Crippen LogP contribution < -0.4 is 4.74 Å². The predicted octanol–water partition coefficient (Wildman–Crippen LogP) is 2.68. The van der Waals surface area contributed by atoms with Gasteiger partial charge in [0.1, 0.15) is 11.9 Å². The van der Waals surface area contributed by atoms with Gasteiger partial charge < -0.3 is 9.47 Å². The number of aryl methyl sites for hydroxylation is 1. The Labute approximate surface area is 108 Å². The molecule has 0 aromatic heterocycles. The van der Waals surface area contributed by atoms with Gasteiger partial charge in [0.2, 0.25) is 0 Å². The van der Waals surface area contributed by atoms with Gasteiger partial charge in [-0.2, -0.15) is 0 Å². The lowest BCUT2D eigenvalue weighted by Crippen LogP contribution is -2.29. The lowest BCUT2D eigenvalue weighted by Gasteiger charge is -2.21. The van der Waals surface area contributed by atoms with Crippen molar-refractivity contribution in [2.75, 3.05) is 13.7 Å². The predicted molar refractivity (Wildman–Crippen MR) is 70.0 cm³/mol. The first kappa shape index (κ1) is 13.1. The second-order valence-electron chi connectivity index (χ2n) is 4.81. The quantitative estimate of drug-likeness (QED) is 0.821. The van der Waals surface area contributed by atoms with E-state index in [1.165, 1.54) is 0 Å². The van der Waals surface area contributed by atoms with Crippen molar-refractivity contribution in [2.45, 2.75) is 38.7 Å². The molecule has 1 unspecified atom stereocenters. The molecule has 1 aliphatic rings. The molecule has 1 saturated heterocycles. The first-order chi connectivity index (χ1) is 8.70. The zero-order valence-corrected chi connectivity index (χ0v) is 11.1. The molecule has 1 heterocycles. The summed E-state index contributed by atoms with van der Waals surface area (Å²) in [5.74, 6) is 0.948. The van der Waals surface area contributed by atoms with Gasteiger partial charge in [0.15, 0.2) is 5.78 Å². The van der Waals surface area contributed by atoms with E-state index in [4.69, 9.17) is 9.47 Å². The highest BCUT2D eigenvalue weighted by Gasteiger charge is 2.22. The van der Waals surface area contributed by atoms with Gasteiger partial charge >= 0.3 is 0 Å². The van der Waals surface area contributed by atoms with Crippen LogP contribution in [0.15, 0.2) is 18.2 Å². The van der Waals surface area contributed by atoms with Crippen molar-refractivity contribution in [3.63, 3.8) is 0 Å². The fourth-order valence-electron chi connectivity index (χ4n) is 2.34. The van der Waals surface area contributed by atoms with E-state index >= 15 is 0 Å². The van der Waals surface area contributed by atoms with Crippen LogP contribution in [0.5, 0.6) is 5.75 Å². The van der Waals surface area contributed by atoms with E-state index in [1.807, 2.05) is 25.1 Å². The van der Waals surface area contributed by atoms with Crippen molar-refractivity contribution in [1.29, 1.82) is 0 Å². The van der Waals surface area contributed by atoms with E-state index in [-0.39, 0.29) is 11.9 Å². The van der Waals surface area contributed by atoms with E-state index < -0.39 is 0 Å². The number of Topliss-reactive ketones (excluding diaryl/α,β-unsaturated/α-hetero) is 1. The Morgan fingerprint density at radius 3 is 2.94 bits per heavy atom. The Kier molecular flexibility index (Phi) is 4.37. The molecule has 0 aliphatic carbocycles. The first-order valence-corrected chi connectivity index (χ1v) is 6.48. The lowest BCUT2D eigenvalue weighted by molar-refractivity contribution is -0.132. The summed E-state index contributed by atoms with van der Waals surface area (Å²) in [6, 6.07) is 5.92. The second kappa shape index (κ2) is 6.01. The second-order valence-corrected chi connectivity index (χ2v) is 4.81. The number of hydrogen-bond donors (Lipinski definition) is 0. The van der Waals surface area contributed by atoms with Gasteiger partial charge in [0.05, 0.1) is 7.11 Å². The molecule has 0 N–H and O–H groups in total. The minimum atomic E-state index is -0.219. The SMILES string of the molecule is COc1ccc(C)cc1CC(=O)C1CCCCO1. The molecule has 1 aromatic carbocycles. The molecule has 0 spiro atoms. The Morgan fingerprint density at radius 2 is 2.28 bits per heavy atom. The maximum absolute atomic E-state index is 12.2. The Hall–Kier alpha value is -1.35. The van der Waals surface area contributed by atoms with Gasteiger partial charge in [-0.05, 0) is 32.3 Å². The minimum absolute atomic E-state index is 0.165. The highest BCUT2D eigenvalue weighted by molar-refractivity contribution is 5.85.